The minimum atomic E-state index is -0.187. The highest BCUT2D eigenvalue weighted by Crippen LogP contribution is 2.22. The van der Waals surface area contributed by atoms with Crippen LogP contribution < -0.4 is 4.74 Å². The average molecular weight is 236 g/mol. The molecule has 17 heavy (non-hydrogen) atoms. The summed E-state index contributed by atoms with van der Waals surface area (Å²) >= 11 is 0. The van der Waals surface area contributed by atoms with Gasteiger partial charge in [-0.25, -0.2) is 0 Å². The fraction of sp³-hybridized carbons (Fsp3) is 0.600. The molecule has 0 aliphatic rings. The van der Waals surface area contributed by atoms with Crippen LogP contribution in [0.2, 0.25) is 0 Å². The molecule has 0 spiro atoms. The third-order valence-corrected chi connectivity index (χ3v) is 2.36. The standard InChI is InChI=1S/C15H24O2/c1-6-16-12(2)17-14-9-7-13(8-10-14)11-15(3,4)5/h7-10,12H,6,11H2,1-5H3. The second kappa shape index (κ2) is 6.06. The van der Waals surface area contributed by atoms with E-state index in [0.717, 1.165) is 12.2 Å². The lowest BCUT2D eigenvalue weighted by Crippen LogP contribution is -2.16. The molecule has 0 bridgehead atoms. The van der Waals surface area contributed by atoms with Gasteiger partial charge in [-0.2, -0.15) is 0 Å². The maximum Gasteiger partial charge on any atom is 0.196 e. The highest BCUT2D eigenvalue weighted by atomic mass is 16.7. The van der Waals surface area contributed by atoms with E-state index in [1.807, 2.05) is 26.0 Å². The molecule has 0 saturated heterocycles. The van der Waals surface area contributed by atoms with Crippen LogP contribution in [-0.4, -0.2) is 12.9 Å². The lowest BCUT2D eigenvalue weighted by Gasteiger charge is -2.19. The number of rotatable bonds is 5. The summed E-state index contributed by atoms with van der Waals surface area (Å²) in [6.07, 6.45) is 0.891. The van der Waals surface area contributed by atoms with Crippen LogP contribution >= 0.6 is 0 Å². The molecule has 0 aliphatic heterocycles. The molecule has 0 aromatic heterocycles. The monoisotopic (exact) mass is 236 g/mol. The van der Waals surface area contributed by atoms with Crippen LogP contribution in [0.1, 0.15) is 40.2 Å². The first-order valence-electron chi connectivity index (χ1n) is 6.28. The smallest absolute Gasteiger partial charge is 0.196 e. The van der Waals surface area contributed by atoms with E-state index in [-0.39, 0.29) is 6.29 Å². The lowest BCUT2D eigenvalue weighted by atomic mass is 9.88. The Morgan fingerprint density at radius 3 is 2.18 bits per heavy atom. The van der Waals surface area contributed by atoms with E-state index >= 15 is 0 Å². The van der Waals surface area contributed by atoms with Gasteiger partial charge < -0.3 is 9.47 Å². The Bertz CT molecular complexity index is 322. The summed E-state index contributed by atoms with van der Waals surface area (Å²) in [5.41, 5.74) is 1.66. The Morgan fingerprint density at radius 1 is 1.12 bits per heavy atom. The molecule has 0 heterocycles. The van der Waals surface area contributed by atoms with Gasteiger partial charge in [-0.15, -0.1) is 0 Å². The molecule has 1 atom stereocenters. The van der Waals surface area contributed by atoms with Crippen molar-refractivity contribution in [2.75, 3.05) is 6.61 Å². The molecule has 1 rings (SSSR count). The van der Waals surface area contributed by atoms with E-state index in [4.69, 9.17) is 9.47 Å². The summed E-state index contributed by atoms with van der Waals surface area (Å²) < 4.78 is 11.0. The molecule has 0 amide bonds. The molecule has 0 radical (unpaired) electrons. The van der Waals surface area contributed by atoms with E-state index in [1.165, 1.54) is 5.56 Å². The minimum Gasteiger partial charge on any atom is -0.465 e. The van der Waals surface area contributed by atoms with Crippen molar-refractivity contribution in [3.63, 3.8) is 0 Å². The van der Waals surface area contributed by atoms with Gasteiger partial charge in [0.1, 0.15) is 5.75 Å². The summed E-state index contributed by atoms with van der Waals surface area (Å²) in [6, 6.07) is 8.27. The Labute approximate surface area is 105 Å². The van der Waals surface area contributed by atoms with Gasteiger partial charge in [-0.1, -0.05) is 32.9 Å². The third-order valence-electron chi connectivity index (χ3n) is 2.36. The number of benzene rings is 1. The van der Waals surface area contributed by atoms with Crippen molar-refractivity contribution in [1.82, 2.24) is 0 Å². The molecule has 1 aromatic carbocycles. The normalized spacial score (nSPS) is 13.5. The molecular weight excluding hydrogens is 212 g/mol. The van der Waals surface area contributed by atoms with Crippen molar-refractivity contribution in [1.29, 1.82) is 0 Å². The number of ether oxygens (including phenoxy) is 2. The summed E-state index contributed by atoms with van der Waals surface area (Å²) in [5.74, 6) is 0.864. The van der Waals surface area contributed by atoms with Crippen LogP contribution in [-0.2, 0) is 11.2 Å². The van der Waals surface area contributed by atoms with E-state index in [0.29, 0.717) is 12.0 Å². The quantitative estimate of drug-likeness (QED) is 0.718. The van der Waals surface area contributed by atoms with E-state index in [1.54, 1.807) is 0 Å². The fourth-order valence-corrected chi connectivity index (χ4v) is 1.76. The molecule has 2 heteroatoms. The highest BCUT2D eigenvalue weighted by molar-refractivity contribution is 5.27. The van der Waals surface area contributed by atoms with Crippen molar-refractivity contribution < 1.29 is 9.47 Å². The zero-order chi connectivity index (χ0) is 12.9. The van der Waals surface area contributed by atoms with Crippen molar-refractivity contribution >= 4 is 0 Å². The first-order valence-corrected chi connectivity index (χ1v) is 6.28. The molecule has 1 aromatic rings. The summed E-state index contributed by atoms with van der Waals surface area (Å²) in [5, 5.41) is 0. The Kier molecular flexibility index (Phi) is 5.01. The number of hydrogen-bond acceptors (Lipinski definition) is 2. The third kappa shape index (κ3) is 5.73. The summed E-state index contributed by atoms with van der Waals surface area (Å²) in [6.45, 7) is 11.3. The molecule has 0 N–H and O–H groups in total. The van der Waals surface area contributed by atoms with Crippen LogP contribution in [0, 0.1) is 5.41 Å². The summed E-state index contributed by atoms with van der Waals surface area (Å²) in [4.78, 5) is 0. The van der Waals surface area contributed by atoms with Crippen LogP contribution in [0.5, 0.6) is 5.75 Å². The first-order chi connectivity index (χ1) is 7.90. The van der Waals surface area contributed by atoms with E-state index in [9.17, 15) is 0 Å². The Hall–Kier alpha value is -1.02. The lowest BCUT2D eigenvalue weighted by molar-refractivity contribution is -0.0613. The first kappa shape index (κ1) is 14.0. The second-order valence-electron chi connectivity index (χ2n) is 5.52. The predicted octanol–water partition coefficient (Wildman–Crippen LogP) is 4.04. The molecule has 0 fully saturated rings. The maximum absolute atomic E-state index is 5.62. The maximum atomic E-state index is 5.62. The second-order valence-corrected chi connectivity index (χ2v) is 5.52. The van der Waals surface area contributed by atoms with Crippen molar-refractivity contribution in [2.45, 2.75) is 47.3 Å². The minimum absolute atomic E-state index is 0.187. The van der Waals surface area contributed by atoms with Gasteiger partial charge in [0.15, 0.2) is 6.29 Å². The van der Waals surface area contributed by atoms with Crippen LogP contribution in [0.25, 0.3) is 0 Å². The molecular formula is C15H24O2. The zero-order valence-corrected chi connectivity index (χ0v) is 11.6. The molecule has 0 aliphatic carbocycles. The van der Waals surface area contributed by atoms with Gasteiger partial charge in [-0.05, 0) is 43.4 Å². The molecule has 0 saturated carbocycles. The largest absolute Gasteiger partial charge is 0.465 e. The van der Waals surface area contributed by atoms with Gasteiger partial charge >= 0.3 is 0 Å². The van der Waals surface area contributed by atoms with Gasteiger partial charge in [-0.3, -0.25) is 0 Å². The van der Waals surface area contributed by atoms with E-state index < -0.39 is 0 Å². The molecule has 2 nitrogen and oxygen atoms in total. The Morgan fingerprint density at radius 2 is 1.71 bits per heavy atom. The van der Waals surface area contributed by atoms with Gasteiger partial charge in [0, 0.05) is 6.61 Å². The van der Waals surface area contributed by atoms with Crippen LogP contribution in [0.3, 0.4) is 0 Å². The SMILES string of the molecule is CCOC(C)Oc1ccc(CC(C)(C)C)cc1. The van der Waals surface area contributed by atoms with Crippen LogP contribution in [0.4, 0.5) is 0 Å². The predicted molar refractivity (Wildman–Crippen MR) is 71.3 cm³/mol. The fourth-order valence-electron chi connectivity index (χ4n) is 1.76. The topological polar surface area (TPSA) is 18.5 Å². The molecule has 96 valence electrons. The average Bonchev–Trinajstić information content (AvgIpc) is 2.19. The summed E-state index contributed by atoms with van der Waals surface area (Å²) in [7, 11) is 0. The van der Waals surface area contributed by atoms with E-state index in [2.05, 4.69) is 32.9 Å². The van der Waals surface area contributed by atoms with Crippen molar-refractivity contribution in [3.05, 3.63) is 29.8 Å². The van der Waals surface area contributed by atoms with Gasteiger partial charge in [0.2, 0.25) is 0 Å². The molecule has 1 unspecified atom stereocenters. The van der Waals surface area contributed by atoms with Crippen molar-refractivity contribution in [3.8, 4) is 5.75 Å². The van der Waals surface area contributed by atoms with Crippen LogP contribution in [0.15, 0.2) is 24.3 Å². The Balaban J connectivity index is 2.56. The zero-order valence-electron chi connectivity index (χ0n) is 11.6. The highest BCUT2D eigenvalue weighted by Gasteiger charge is 2.11. The van der Waals surface area contributed by atoms with Crippen molar-refractivity contribution in [2.24, 2.45) is 5.41 Å². The van der Waals surface area contributed by atoms with Gasteiger partial charge in [0.25, 0.3) is 0 Å². The number of hydrogen-bond donors (Lipinski definition) is 0. The van der Waals surface area contributed by atoms with Gasteiger partial charge in [0.05, 0.1) is 0 Å².